The summed E-state index contributed by atoms with van der Waals surface area (Å²) in [6, 6.07) is 0. The largest absolute Gasteiger partial charge is 0.370 e. The third-order valence-electron chi connectivity index (χ3n) is 0.772. The molecule has 0 spiro atoms. The molecule has 1 aliphatic heterocycles. The van der Waals surface area contributed by atoms with Gasteiger partial charge in [-0.2, -0.15) is 0 Å². The topological polar surface area (TPSA) is 44.3 Å². The summed E-state index contributed by atoms with van der Waals surface area (Å²) >= 11 is 4.65. The summed E-state index contributed by atoms with van der Waals surface area (Å²) in [7, 11) is 0. The molecule has 4 heteroatoms. The van der Waals surface area contributed by atoms with Gasteiger partial charge in [-0.3, -0.25) is 0 Å². The Bertz CT molecular complexity index is 134. The Morgan fingerprint density at radius 3 is 2.88 bits per heavy atom. The second kappa shape index (κ2) is 2.11. The molecule has 8 heavy (non-hydrogen) atoms. The highest BCUT2D eigenvalue weighted by molar-refractivity contribution is 7.80. The van der Waals surface area contributed by atoms with Gasteiger partial charge in [-0.15, -0.1) is 0 Å². The zero-order chi connectivity index (χ0) is 5.98. The molecule has 1 rings (SSSR count). The van der Waals surface area contributed by atoms with E-state index in [1.807, 2.05) is 0 Å². The Kier molecular flexibility index (Phi) is 1.45. The smallest absolute Gasteiger partial charge is 0.172 e. The van der Waals surface area contributed by atoms with Crippen molar-refractivity contribution >= 4 is 17.3 Å². The predicted octanol–water partition coefficient (Wildman–Crippen LogP) is -0.704. The lowest BCUT2D eigenvalue weighted by atomic mass is 10.5. The Morgan fingerprint density at radius 1 is 1.75 bits per heavy atom. The van der Waals surface area contributed by atoms with Gasteiger partial charge < -0.3 is 15.7 Å². The highest BCUT2D eigenvalue weighted by Crippen LogP contribution is 1.84. The summed E-state index contributed by atoms with van der Waals surface area (Å²) < 4.78 is 0. The van der Waals surface area contributed by atoms with Gasteiger partial charge in [0.2, 0.25) is 0 Å². The number of aliphatic hydroxyl groups is 1. The lowest BCUT2D eigenvalue weighted by molar-refractivity contribution is 0.206. The van der Waals surface area contributed by atoms with Gasteiger partial charge in [0.25, 0.3) is 0 Å². The van der Waals surface area contributed by atoms with E-state index in [4.69, 9.17) is 5.11 Å². The fourth-order valence-electron chi connectivity index (χ4n) is 0.439. The van der Waals surface area contributed by atoms with Crippen LogP contribution >= 0.6 is 12.2 Å². The van der Waals surface area contributed by atoms with E-state index in [2.05, 4.69) is 22.9 Å². The van der Waals surface area contributed by atoms with E-state index in [1.54, 1.807) is 12.3 Å². The van der Waals surface area contributed by atoms with Gasteiger partial charge in [0.1, 0.15) is 6.23 Å². The lowest BCUT2D eigenvalue weighted by Crippen LogP contribution is -2.42. The molecule has 3 N–H and O–H groups in total. The molecule has 0 aliphatic carbocycles. The van der Waals surface area contributed by atoms with Crippen LogP contribution in [0.3, 0.4) is 0 Å². The number of thiocarbonyl (C=S) groups is 1. The van der Waals surface area contributed by atoms with E-state index >= 15 is 0 Å². The summed E-state index contributed by atoms with van der Waals surface area (Å²) in [6.45, 7) is 0. The molecule has 0 amide bonds. The number of hydrogen-bond donors (Lipinski definition) is 3. The normalized spacial score (nSPS) is 26.6. The summed E-state index contributed by atoms with van der Waals surface area (Å²) in [4.78, 5) is 0. The molecule has 0 fully saturated rings. The minimum Gasteiger partial charge on any atom is -0.370 e. The lowest BCUT2D eigenvalue weighted by Gasteiger charge is -2.15. The van der Waals surface area contributed by atoms with Gasteiger partial charge >= 0.3 is 0 Å². The van der Waals surface area contributed by atoms with E-state index in [-0.39, 0.29) is 0 Å². The van der Waals surface area contributed by atoms with Gasteiger partial charge in [0.15, 0.2) is 5.11 Å². The average Bonchev–Trinajstić information content (AvgIpc) is 1.64. The standard InChI is InChI=1S/C4H6N2OS/c7-3-1-2-5-4(8)6-3/h1-3,7H,(H2,5,6,8). The van der Waals surface area contributed by atoms with Crippen molar-refractivity contribution in [2.45, 2.75) is 6.23 Å². The molecule has 0 aromatic heterocycles. The van der Waals surface area contributed by atoms with Crippen molar-refractivity contribution in [2.24, 2.45) is 0 Å². The van der Waals surface area contributed by atoms with E-state index in [0.717, 1.165) is 0 Å². The SMILES string of the molecule is OC1C=CNC(=S)N1. The van der Waals surface area contributed by atoms with Crippen LogP contribution in [0.25, 0.3) is 0 Å². The van der Waals surface area contributed by atoms with Crippen molar-refractivity contribution in [1.29, 1.82) is 0 Å². The van der Waals surface area contributed by atoms with Gasteiger partial charge in [0, 0.05) is 6.20 Å². The summed E-state index contributed by atoms with van der Waals surface area (Å²) in [5.74, 6) is 0. The quantitative estimate of drug-likeness (QED) is 0.379. The van der Waals surface area contributed by atoms with Crippen LogP contribution in [0.4, 0.5) is 0 Å². The molecule has 1 heterocycles. The van der Waals surface area contributed by atoms with Crippen LogP contribution < -0.4 is 10.6 Å². The number of aliphatic hydroxyl groups excluding tert-OH is 1. The molecule has 0 saturated heterocycles. The van der Waals surface area contributed by atoms with E-state index < -0.39 is 6.23 Å². The van der Waals surface area contributed by atoms with Crippen molar-refractivity contribution in [3.05, 3.63) is 12.3 Å². The summed E-state index contributed by atoms with van der Waals surface area (Å²) in [5.41, 5.74) is 0. The van der Waals surface area contributed by atoms with Gasteiger partial charge in [-0.25, -0.2) is 0 Å². The molecule has 3 nitrogen and oxygen atoms in total. The molecule has 0 radical (unpaired) electrons. The third kappa shape index (κ3) is 1.18. The molecular weight excluding hydrogens is 124 g/mol. The Hall–Kier alpha value is -0.610. The number of hydrogen-bond acceptors (Lipinski definition) is 2. The average molecular weight is 130 g/mol. The zero-order valence-corrected chi connectivity index (χ0v) is 4.90. The summed E-state index contributed by atoms with van der Waals surface area (Å²) in [6.07, 6.45) is 2.54. The van der Waals surface area contributed by atoms with Gasteiger partial charge in [0.05, 0.1) is 0 Å². The molecule has 44 valence electrons. The minimum absolute atomic E-state index is 0.458. The fourth-order valence-corrected chi connectivity index (χ4v) is 0.628. The maximum absolute atomic E-state index is 8.75. The van der Waals surface area contributed by atoms with Gasteiger partial charge in [-0.1, -0.05) is 0 Å². The number of rotatable bonds is 0. The van der Waals surface area contributed by atoms with Crippen LogP contribution in [-0.4, -0.2) is 16.4 Å². The molecule has 1 atom stereocenters. The first kappa shape index (κ1) is 5.53. The van der Waals surface area contributed by atoms with Crippen LogP contribution in [0.15, 0.2) is 12.3 Å². The van der Waals surface area contributed by atoms with Gasteiger partial charge in [-0.05, 0) is 18.3 Å². The second-order valence-corrected chi connectivity index (χ2v) is 1.83. The molecule has 1 unspecified atom stereocenters. The molecule has 0 aromatic rings. The highest BCUT2D eigenvalue weighted by atomic mass is 32.1. The molecule has 0 saturated carbocycles. The maximum Gasteiger partial charge on any atom is 0.172 e. The Morgan fingerprint density at radius 2 is 2.50 bits per heavy atom. The molecular formula is C4H6N2OS. The van der Waals surface area contributed by atoms with Crippen molar-refractivity contribution in [2.75, 3.05) is 0 Å². The fraction of sp³-hybridized carbons (Fsp3) is 0.250. The van der Waals surface area contributed by atoms with Crippen molar-refractivity contribution in [3.8, 4) is 0 Å². The van der Waals surface area contributed by atoms with Crippen LogP contribution in [-0.2, 0) is 0 Å². The van der Waals surface area contributed by atoms with Crippen LogP contribution in [0, 0.1) is 0 Å². The monoisotopic (exact) mass is 130 g/mol. The Balaban J connectivity index is 2.54. The molecule has 1 aliphatic rings. The van der Waals surface area contributed by atoms with Crippen molar-refractivity contribution in [3.63, 3.8) is 0 Å². The first-order valence-electron chi connectivity index (χ1n) is 2.21. The third-order valence-corrected chi connectivity index (χ3v) is 1.01. The predicted molar refractivity (Wildman–Crippen MR) is 34.0 cm³/mol. The number of nitrogens with one attached hydrogen (secondary N) is 2. The Labute approximate surface area is 52.4 Å². The van der Waals surface area contributed by atoms with Crippen LogP contribution in [0.5, 0.6) is 0 Å². The maximum atomic E-state index is 8.75. The second-order valence-electron chi connectivity index (χ2n) is 1.42. The molecule has 0 bridgehead atoms. The van der Waals surface area contributed by atoms with E-state index in [0.29, 0.717) is 5.11 Å². The first-order valence-corrected chi connectivity index (χ1v) is 2.61. The zero-order valence-electron chi connectivity index (χ0n) is 4.09. The van der Waals surface area contributed by atoms with E-state index in [1.165, 1.54) is 0 Å². The molecule has 0 aromatic carbocycles. The minimum atomic E-state index is -0.622. The first-order chi connectivity index (χ1) is 3.79. The van der Waals surface area contributed by atoms with E-state index in [9.17, 15) is 0 Å². The van der Waals surface area contributed by atoms with Crippen molar-refractivity contribution < 1.29 is 5.11 Å². The summed E-state index contributed by atoms with van der Waals surface area (Å²) in [5, 5.41) is 14.5. The van der Waals surface area contributed by atoms with Crippen molar-refractivity contribution in [1.82, 2.24) is 10.6 Å². The van der Waals surface area contributed by atoms with Crippen LogP contribution in [0.1, 0.15) is 0 Å². The van der Waals surface area contributed by atoms with Crippen LogP contribution in [0.2, 0.25) is 0 Å². The highest BCUT2D eigenvalue weighted by Gasteiger charge is 2.03.